The van der Waals surface area contributed by atoms with Crippen molar-refractivity contribution in [3.8, 4) is 0 Å². The maximum atomic E-state index is 12.8. The molecule has 8 heteroatoms. The molecule has 200 valence electrons. The first-order valence-electron chi connectivity index (χ1n) is 13.2. The first kappa shape index (κ1) is 28.1. The fourth-order valence-electron chi connectivity index (χ4n) is 5.22. The van der Waals surface area contributed by atoms with Crippen molar-refractivity contribution in [1.29, 1.82) is 0 Å². The van der Waals surface area contributed by atoms with Crippen LogP contribution in [0.1, 0.15) is 87.1 Å². The smallest absolute Gasteiger partial charge is 0.337 e. The Balaban J connectivity index is 0.000000658. The lowest BCUT2D eigenvalue weighted by Crippen LogP contribution is -2.46. The lowest BCUT2D eigenvalue weighted by Gasteiger charge is -2.46. The van der Waals surface area contributed by atoms with E-state index in [9.17, 15) is 14.4 Å². The zero-order valence-corrected chi connectivity index (χ0v) is 22.0. The van der Waals surface area contributed by atoms with Crippen molar-refractivity contribution in [2.45, 2.75) is 83.3 Å². The molecule has 1 aliphatic carbocycles. The maximum absolute atomic E-state index is 12.8. The van der Waals surface area contributed by atoms with Gasteiger partial charge in [-0.1, -0.05) is 19.1 Å². The van der Waals surface area contributed by atoms with Crippen LogP contribution in [0.15, 0.2) is 24.3 Å². The lowest BCUT2D eigenvalue weighted by atomic mass is 9.72. The van der Waals surface area contributed by atoms with Crippen LogP contribution in [0.3, 0.4) is 0 Å². The predicted octanol–water partition coefficient (Wildman–Crippen LogP) is 3.82. The molecule has 1 atom stereocenters. The molecule has 2 bridgehead atoms. The minimum Gasteiger partial charge on any atom is -0.465 e. The molecule has 1 aromatic carbocycles. The number of methoxy groups -OCH3 is 1. The van der Waals surface area contributed by atoms with E-state index in [0.717, 1.165) is 45.4 Å². The van der Waals surface area contributed by atoms with E-state index in [0.29, 0.717) is 37.0 Å². The van der Waals surface area contributed by atoms with Gasteiger partial charge in [0.1, 0.15) is 0 Å². The van der Waals surface area contributed by atoms with E-state index in [4.69, 9.17) is 14.2 Å². The number of hydrogen-bond acceptors (Lipinski definition) is 6. The molecule has 3 saturated heterocycles. The molecule has 2 N–H and O–H groups in total. The van der Waals surface area contributed by atoms with Gasteiger partial charge in [-0.2, -0.15) is 0 Å². The third-order valence-electron chi connectivity index (χ3n) is 7.75. The standard InChI is InChI=1S/C25H35NO5.C3H7NO/c1-18(30-16-25-11-7-22(8-12-25)31-17-25)15-23(27)26-13-9-20(10-14-26)19-3-5-21(6-4-19)24(28)29-2;1-2-3(4)5/h3-6,18,20,22H,7-17H2,1-2H3;2H2,1H3,(H2,4,5). The Kier molecular flexibility index (Phi) is 10.3. The van der Waals surface area contributed by atoms with Gasteiger partial charge in [0, 0.05) is 24.9 Å². The Morgan fingerprint density at radius 2 is 1.72 bits per heavy atom. The molecule has 0 spiro atoms. The van der Waals surface area contributed by atoms with E-state index in [-0.39, 0.29) is 29.3 Å². The van der Waals surface area contributed by atoms with Crippen molar-refractivity contribution in [2.24, 2.45) is 11.1 Å². The number of nitrogens with two attached hydrogens (primary N) is 1. The van der Waals surface area contributed by atoms with Crippen LogP contribution in [-0.4, -0.2) is 68.3 Å². The second kappa shape index (κ2) is 13.2. The number of rotatable bonds is 8. The summed E-state index contributed by atoms with van der Waals surface area (Å²) in [5.41, 5.74) is 6.62. The van der Waals surface area contributed by atoms with Gasteiger partial charge in [-0.3, -0.25) is 9.59 Å². The molecule has 0 aromatic heterocycles. The quantitative estimate of drug-likeness (QED) is 0.542. The lowest BCUT2D eigenvalue weighted by molar-refractivity contribution is -0.153. The number of nitrogens with zero attached hydrogens (tertiary/aromatic N) is 1. The first-order valence-corrected chi connectivity index (χ1v) is 13.2. The molecular formula is C28H42N2O6. The summed E-state index contributed by atoms with van der Waals surface area (Å²) in [7, 11) is 1.39. The molecule has 8 nitrogen and oxygen atoms in total. The van der Waals surface area contributed by atoms with Crippen LogP contribution in [0.25, 0.3) is 0 Å². The summed E-state index contributed by atoms with van der Waals surface area (Å²) in [6.07, 6.45) is 7.85. The molecular weight excluding hydrogens is 460 g/mol. The number of piperidine rings is 1. The monoisotopic (exact) mass is 502 g/mol. The minimum absolute atomic E-state index is 0.0647. The van der Waals surface area contributed by atoms with E-state index < -0.39 is 0 Å². The Morgan fingerprint density at radius 3 is 2.22 bits per heavy atom. The zero-order valence-electron chi connectivity index (χ0n) is 22.0. The number of amides is 2. The van der Waals surface area contributed by atoms with Gasteiger partial charge in [-0.05, 0) is 69.1 Å². The Hall–Kier alpha value is -2.45. The van der Waals surface area contributed by atoms with Gasteiger partial charge < -0.3 is 24.8 Å². The Morgan fingerprint density at radius 1 is 1.11 bits per heavy atom. The van der Waals surface area contributed by atoms with Gasteiger partial charge in [-0.25, -0.2) is 4.79 Å². The Labute approximate surface area is 214 Å². The number of hydrogen-bond donors (Lipinski definition) is 1. The number of esters is 1. The minimum atomic E-state index is -0.313. The summed E-state index contributed by atoms with van der Waals surface area (Å²) in [6.45, 7) is 6.80. The molecule has 1 aromatic rings. The van der Waals surface area contributed by atoms with Crippen LogP contribution < -0.4 is 5.73 Å². The summed E-state index contributed by atoms with van der Waals surface area (Å²) in [5.74, 6) is 0.0506. The highest BCUT2D eigenvalue weighted by atomic mass is 16.5. The van der Waals surface area contributed by atoms with Gasteiger partial charge in [0.05, 0.1) is 44.5 Å². The van der Waals surface area contributed by atoms with E-state index in [1.807, 2.05) is 36.1 Å². The molecule has 4 fully saturated rings. The van der Waals surface area contributed by atoms with Crippen LogP contribution in [0.5, 0.6) is 0 Å². The van der Waals surface area contributed by atoms with Gasteiger partial charge in [0.15, 0.2) is 0 Å². The van der Waals surface area contributed by atoms with E-state index >= 15 is 0 Å². The summed E-state index contributed by atoms with van der Waals surface area (Å²) in [5, 5.41) is 0. The van der Waals surface area contributed by atoms with Crippen molar-refractivity contribution in [1.82, 2.24) is 4.90 Å². The number of fused-ring (bicyclic) bond motifs is 3. The molecule has 1 saturated carbocycles. The second-order valence-electron chi connectivity index (χ2n) is 10.4. The number of ether oxygens (including phenoxy) is 3. The van der Waals surface area contributed by atoms with Gasteiger partial charge in [-0.15, -0.1) is 0 Å². The Bertz CT molecular complexity index is 857. The van der Waals surface area contributed by atoms with Crippen LogP contribution in [0, 0.1) is 5.41 Å². The molecule has 5 rings (SSSR count). The molecule has 36 heavy (non-hydrogen) atoms. The number of primary amides is 1. The zero-order chi connectivity index (χ0) is 26.1. The number of carbonyl (C=O) groups is 3. The van der Waals surface area contributed by atoms with Gasteiger partial charge in [0.2, 0.25) is 11.8 Å². The fourth-order valence-corrected chi connectivity index (χ4v) is 5.22. The topological polar surface area (TPSA) is 108 Å². The van der Waals surface area contributed by atoms with Crippen LogP contribution in [-0.2, 0) is 23.8 Å². The van der Waals surface area contributed by atoms with Crippen molar-refractivity contribution in [2.75, 3.05) is 33.4 Å². The van der Waals surface area contributed by atoms with Crippen molar-refractivity contribution in [3.05, 3.63) is 35.4 Å². The SMILES string of the molecule is CCC(N)=O.COC(=O)c1ccc(C2CCN(C(=O)CC(C)OCC34CCC(CC3)OC4)CC2)cc1. The third-order valence-corrected chi connectivity index (χ3v) is 7.75. The molecule has 1 unspecified atom stereocenters. The van der Waals surface area contributed by atoms with Crippen LogP contribution in [0.2, 0.25) is 0 Å². The highest BCUT2D eigenvalue weighted by molar-refractivity contribution is 5.89. The van der Waals surface area contributed by atoms with Crippen LogP contribution in [0.4, 0.5) is 0 Å². The normalized spacial score (nSPS) is 24.4. The number of likely N-dealkylation sites (tertiary alicyclic amines) is 1. The maximum Gasteiger partial charge on any atom is 0.337 e. The molecule has 4 aliphatic rings. The van der Waals surface area contributed by atoms with Gasteiger partial charge >= 0.3 is 5.97 Å². The van der Waals surface area contributed by atoms with Crippen molar-refractivity contribution >= 4 is 17.8 Å². The van der Waals surface area contributed by atoms with E-state index in [2.05, 4.69) is 5.73 Å². The molecule has 3 aliphatic heterocycles. The van der Waals surface area contributed by atoms with Gasteiger partial charge in [0.25, 0.3) is 0 Å². The summed E-state index contributed by atoms with van der Waals surface area (Å²) >= 11 is 0. The molecule has 0 radical (unpaired) electrons. The third kappa shape index (κ3) is 7.77. The van der Waals surface area contributed by atoms with Crippen LogP contribution >= 0.6 is 0 Å². The van der Waals surface area contributed by atoms with Crippen molar-refractivity contribution < 1.29 is 28.6 Å². The van der Waals surface area contributed by atoms with E-state index in [1.165, 1.54) is 25.5 Å². The highest BCUT2D eigenvalue weighted by Crippen LogP contribution is 2.43. The average molecular weight is 503 g/mol. The van der Waals surface area contributed by atoms with Crippen molar-refractivity contribution in [3.63, 3.8) is 0 Å². The van der Waals surface area contributed by atoms with E-state index in [1.54, 1.807) is 6.92 Å². The summed E-state index contributed by atoms with van der Waals surface area (Å²) < 4.78 is 16.8. The summed E-state index contributed by atoms with van der Waals surface area (Å²) in [6, 6.07) is 7.65. The molecule has 2 amide bonds. The summed E-state index contributed by atoms with van der Waals surface area (Å²) in [4.78, 5) is 35.9. The second-order valence-corrected chi connectivity index (χ2v) is 10.4. The first-order chi connectivity index (χ1) is 17.2. The largest absolute Gasteiger partial charge is 0.465 e. The molecule has 3 heterocycles. The fraction of sp³-hybridized carbons (Fsp3) is 0.679. The highest BCUT2D eigenvalue weighted by Gasteiger charge is 2.42. The number of carbonyl (C=O) groups excluding carboxylic acids is 3. The number of benzene rings is 1. The average Bonchev–Trinajstić information content (AvgIpc) is 2.93. The predicted molar refractivity (Wildman–Crippen MR) is 136 cm³/mol.